The fourth-order valence-corrected chi connectivity index (χ4v) is 4.24. The first-order chi connectivity index (χ1) is 14.5. The van der Waals surface area contributed by atoms with Gasteiger partial charge in [0.2, 0.25) is 11.8 Å². The highest BCUT2D eigenvalue weighted by atomic mass is 19.1. The van der Waals surface area contributed by atoms with Crippen molar-refractivity contribution in [3.8, 4) is 0 Å². The summed E-state index contributed by atoms with van der Waals surface area (Å²) in [7, 11) is 0. The Labute approximate surface area is 176 Å². The van der Waals surface area contributed by atoms with Crippen LogP contribution < -0.4 is 4.90 Å². The van der Waals surface area contributed by atoms with Gasteiger partial charge in [-0.3, -0.25) is 9.59 Å². The molecule has 1 aromatic heterocycles. The molecule has 7 heteroatoms. The Bertz CT molecular complexity index is 927. The van der Waals surface area contributed by atoms with Gasteiger partial charge in [-0.25, -0.2) is 9.37 Å². The van der Waals surface area contributed by atoms with E-state index in [9.17, 15) is 14.0 Å². The van der Waals surface area contributed by atoms with Crippen LogP contribution in [0.15, 0.2) is 42.5 Å². The monoisotopic (exact) mass is 410 g/mol. The van der Waals surface area contributed by atoms with E-state index in [1.165, 1.54) is 12.1 Å². The molecule has 0 bridgehead atoms. The third kappa shape index (κ3) is 4.61. The van der Waals surface area contributed by atoms with Crippen molar-refractivity contribution in [3.05, 3.63) is 59.5 Å². The lowest BCUT2D eigenvalue weighted by atomic mass is 9.95. The van der Waals surface area contributed by atoms with Gasteiger partial charge in [-0.2, -0.15) is 0 Å². The molecular weight excluding hydrogens is 383 g/mol. The number of amides is 2. The molecular formula is C23H27FN4O2. The van der Waals surface area contributed by atoms with Gasteiger partial charge in [-0.05, 0) is 43.2 Å². The molecule has 2 aromatic rings. The zero-order valence-electron chi connectivity index (χ0n) is 17.3. The minimum atomic E-state index is -0.314. The van der Waals surface area contributed by atoms with Crippen LogP contribution in [0.2, 0.25) is 0 Å². The van der Waals surface area contributed by atoms with Crippen molar-refractivity contribution in [2.75, 3.05) is 37.6 Å². The minimum Gasteiger partial charge on any atom is -0.353 e. The lowest BCUT2D eigenvalue weighted by molar-refractivity contribution is -0.143. The Kier molecular flexibility index (Phi) is 5.97. The summed E-state index contributed by atoms with van der Waals surface area (Å²) >= 11 is 0. The number of nitrogens with zero attached hydrogens (tertiary/aromatic N) is 4. The number of anilines is 1. The fourth-order valence-electron chi connectivity index (χ4n) is 4.24. The van der Waals surface area contributed by atoms with Crippen molar-refractivity contribution in [1.29, 1.82) is 0 Å². The van der Waals surface area contributed by atoms with Crippen molar-refractivity contribution in [1.82, 2.24) is 14.8 Å². The molecule has 0 aliphatic carbocycles. The second kappa shape index (κ2) is 8.81. The third-order valence-electron chi connectivity index (χ3n) is 5.90. The maximum absolute atomic E-state index is 13.5. The number of rotatable bonds is 4. The molecule has 0 saturated carbocycles. The lowest BCUT2D eigenvalue weighted by Gasteiger charge is -2.39. The molecule has 4 rings (SSSR count). The standard InChI is InChI=1S/C23H27FN4O2/c1-17-4-2-7-21(25-17)26-10-12-27(13-11-26)23(30)19-8-9-22(29)28(16-19)15-18-5-3-6-20(24)14-18/h2-7,14,19H,8-13,15-16H2,1H3/t19-/m0/s1. The molecule has 30 heavy (non-hydrogen) atoms. The van der Waals surface area contributed by atoms with Gasteiger partial charge < -0.3 is 14.7 Å². The van der Waals surface area contributed by atoms with Gasteiger partial charge in [0, 0.05) is 51.4 Å². The first kappa shape index (κ1) is 20.3. The Morgan fingerprint density at radius 1 is 1.13 bits per heavy atom. The molecule has 0 unspecified atom stereocenters. The van der Waals surface area contributed by atoms with E-state index in [0.717, 1.165) is 30.2 Å². The summed E-state index contributed by atoms with van der Waals surface area (Å²) in [5.74, 6) is 0.583. The quantitative estimate of drug-likeness (QED) is 0.778. The topological polar surface area (TPSA) is 56.8 Å². The average molecular weight is 410 g/mol. The second-order valence-electron chi connectivity index (χ2n) is 8.09. The molecule has 1 aromatic carbocycles. The number of piperazine rings is 1. The first-order valence-electron chi connectivity index (χ1n) is 10.5. The number of carbonyl (C=O) groups is 2. The van der Waals surface area contributed by atoms with Crippen molar-refractivity contribution in [2.45, 2.75) is 26.3 Å². The number of benzene rings is 1. The SMILES string of the molecule is Cc1cccc(N2CCN(C(=O)[C@H]3CCC(=O)N(Cc4cccc(F)c4)C3)CC2)n1. The number of hydrogen-bond acceptors (Lipinski definition) is 4. The van der Waals surface area contributed by atoms with E-state index in [0.29, 0.717) is 39.0 Å². The number of likely N-dealkylation sites (tertiary alicyclic amines) is 1. The Balaban J connectivity index is 1.35. The van der Waals surface area contributed by atoms with Gasteiger partial charge in [-0.1, -0.05) is 18.2 Å². The van der Waals surface area contributed by atoms with Crippen molar-refractivity contribution in [2.24, 2.45) is 5.92 Å². The number of carbonyl (C=O) groups excluding carboxylic acids is 2. The first-order valence-corrected chi connectivity index (χ1v) is 10.5. The van der Waals surface area contributed by atoms with Crippen molar-refractivity contribution in [3.63, 3.8) is 0 Å². The highest BCUT2D eigenvalue weighted by Gasteiger charge is 2.34. The van der Waals surface area contributed by atoms with Gasteiger partial charge in [0.15, 0.2) is 0 Å². The molecule has 6 nitrogen and oxygen atoms in total. The van der Waals surface area contributed by atoms with Crippen LogP contribution in [0.25, 0.3) is 0 Å². The normalized spacial score (nSPS) is 19.9. The van der Waals surface area contributed by atoms with Crippen LogP contribution in [-0.4, -0.2) is 59.3 Å². The van der Waals surface area contributed by atoms with E-state index < -0.39 is 0 Å². The molecule has 0 spiro atoms. The largest absolute Gasteiger partial charge is 0.353 e. The number of halogens is 1. The second-order valence-corrected chi connectivity index (χ2v) is 8.09. The fraction of sp³-hybridized carbons (Fsp3) is 0.435. The van der Waals surface area contributed by atoms with Crippen LogP contribution in [0.5, 0.6) is 0 Å². The predicted molar refractivity (Wildman–Crippen MR) is 112 cm³/mol. The molecule has 2 aliphatic rings. The van der Waals surface area contributed by atoms with E-state index >= 15 is 0 Å². The van der Waals surface area contributed by atoms with E-state index in [2.05, 4.69) is 9.88 Å². The number of aromatic nitrogens is 1. The number of hydrogen-bond donors (Lipinski definition) is 0. The molecule has 2 fully saturated rings. The summed E-state index contributed by atoms with van der Waals surface area (Å²) in [4.78, 5) is 35.8. The summed E-state index contributed by atoms with van der Waals surface area (Å²) in [5.41, 5.74) is 1.73. The van der Waals surface area contributed by atoms with E-state index in [1.807, 2.05) is 30.0 Å². The highest BCUT2D eigenvalue weighted by Crippen LogP contribution is 2.23. The molecule has 2 aliphatic heterocycles. The van der Waals surface area contributed by atoms with Crippen LogP contribution in [0.4, 0.5) is 10.2 Å². The molecule has 3 heterocycles. The van der Waals surface area contributed by atoms with Crippen LogP contribution in [0, 0.1) is 18.7 Å². The molecule has 2 amide bonds. The minimum absolute atomic E-state index is 0.0265. The average Bonchev–Trinajstić information content (AvgIpc) is 2.75. The van der Waals surface area contributed by atoms with Crippen LogP contribution in [0.1, 0.15) is 24.1 Å². The smallest absolute Gasteiger partial charge is 0.227 e. The summed E-state index contributed by atoms with van der Waals surface area (Å²) in [5, 5.41) is 0. The lowest BCUT2D eigenvalue weighted by Crippen LogP contribution is -2.53. The molecule has 2 saturated heterocycles. The zero-order valence-corrected chi connectivity index (χ0v) is 17.3. The maximum atomic E-state index is 13.5. The van der Waals surface area contributed by atoms with E-state index in [1.54, 1.807) is 17.0 Å². The summed E-state index contributed by atoms with van der Waals surface area (Å²) < 4.78 is 13.5. The molecule has 1 atom stereocenters. The zero-order chi connectivity index (χ0) is 21.1. The van der Waals surface area contributed by atoms with Gasteiger partial charge >= 0.3 is 0 Å². The molecule has 0 radical (unpaired) electrons. The Hall–Kier alpha value is -2.96. The molecule has 158 valence electrons. The van der Waals surface area contributed by atoms with Crippen LogP contribution in [-0.2, 0) is 16.1 Å². The van der Waals surface area contributed by atoms with E-state index in [4.69, 9.17) is 0 Å². The van der Waals surface area contributed by atoms with E-state index in [-0.39, 0.29) is 23.5 Å². The summed E-state index contributed by atoms with van der Waals surface area (Å²) in [6, 6.07) is 12.3. The number of pyridine rings is 1. The number of piperidine rings is 1. The predicted octanol–water partition coefficient (Wildman–Crippen LogP) is 2.62. The summed E-state index contributed by atoms with van der Waals surface area (Å²) in [6.07, 6.45) is 0.940. The highest BCUT2D eigenvalue weighted by molar-refractivity contribution is 5.84. The van der Waals surface area contributed by atoms with Crippen molar-refractivity contribution >= 4 is 17.6 Å². The van der Waals surface area contributed by atoms with Gasteiger partial charge in [-0.15, -0.1) is 0 Å². The number of aryl methyl sites for hydroxylation is 1. The Morgan fingerprint density at radius 2 is 1.90 bits per heavy atom. The Morgan fingerprint density at radius 3 is 2.63 bits per heavy atom. The summed E-state index contributed by atoms with van der Waals surface area (Å²) in [6.45, 7) is 5.53. The third-order valence-corrected chi connectivity index (χ3v) is 5.90. The van der Waals surface area contributed by atoms with Gasteiger partial charge in [0.1, 0.15) is 11.6 Å². The van der Waals surface area contributed by atoms with Gasteiger partial charge in [0.25, 0.3) is 0 Å². The van der Waals surface area contributed by atoms with Crippen LogP contribution >= 0.6 is 0 Å². The van der Waals surface area contributed by atoms with Crippen molar-refractivity contribution < 1.29 is 14.0 Å². The van der Waals surface area contributed by atoms with Crippen LogP contribution in [0.3, 0.4) is 0 Å². The van der Waals surface area contributed by atoms with Gasteiger partial charge in [0.05, 0.1) is 5.92 Å². The molecule has 0 N–H and O–H groups in total. The maximum Gasteiger partial charge on any atom is 0.227 e.